The van der Waals surface area contributed by atoms with Crippen molar-refractivity contribution < 1.29 is 38.8 Å². The molecular weight excluding hydrogens is 1000 g/mol. The van der Waals surface area contributed by atoms with Crippen LogP contribution in [0, 0.1) is 0 Å². The Balaban J connectivity index is 0.000000256. The molecule has 0 unspecified atom stereocenters. The molecule has 0 aliphatic heterocycles. The summed E-state index contributed by atoms with van der Waals surface area (Å²) in [6, 6.07) is 27.3. The molecule has 18 heteroatoms. The zero-order valence-electron chi connectivity index (χ0n) is 46.7. The van der Waals surface area contributed by atoms with Crippen LogP contribution in [-0.4, -0.2) is 87.7 Å². The number of carboxylic acids is 1. The fraction of sp³-hybridized carbons (Fsp3) is 0.361. The van der Waals surface area contributed by atoms with E-state index in [2.05, 4.69) is 94.3 Å². The van der Waals surface area contributed by atoms with Gasteiger partial charge in [-0.1, -0.05) is 151 Å². The van der Waals surface area contributed by atoms with Crippen molar-refractivity contribution in [2.24, 2.45) is 10.9 Å². The minimum absolute atomic E-state index is 0.0334. The van der Waals surface area contributed by atoms with E-state index in [1.165, 1.54) is 25.2 Å². The molecular formula is C61H72N10O8. The highest BCUT2D eigenvalue weighted by molar-refractivity contribution is 5.98. The first kappa shape index (κ1) is 59.6. The van der Waals surface area contributed by atoms with Gasteiger partial charge < -0.3 is 35.9 Å². The predicted octanol–water partition coefficient (Wildman–Crippen LogP) is 10.3. The number of carbonyl (C=O) groups is 4. The van der Waals surface area contributed by atoms with Crippen molar-refractivity contribution in [3.63, 3.8) is 0 Å². The summed E-state index contributed by atoms with van der Waals surface area (Å²) < 4.78 is 11.0. The number of ether oxygens (including phenoxy) is 1. The summed E-state index contributed by atoms with van der Waals surface area (Å²) in [5, 5.41) is 31.0. The zero-order chi connectivity index (χ0) is 57.5. The van der Waals surface area contributed by atoms with Crippen molar-refractivity contribution in [3.05, 3.63) is 167 Å². The Morgan fingerprint density at radius 2 is 1.05 bits per heavy atom. The Labute approximate surface area is 461 Å². The fourth-order valence-corrected chi connectivity index (χ4v) is 7.98. The summed E-state index contributed by atoms with van der Waals surface area (Å²) in [7, 11) is 0. The lowest BCUT2D eigenvalue weighted by atomic mass is 9.86. The van der Waals surface area contributed by atoms with Crippen LogP contribution in [0.25, 0.3) is 34.2 Å². The molecule has 0 aliphatic rings. The van der Waals surface area contributed by atoms with Crippen LogP contribution in [0.1, 0.15) is 149 Å². The van der Waals surface area contributed by atoms with E-state index in [9.17, 15) is 24.3 Å². The number of aromatic nitrogens is 6. The van der Waals surface area contributed by atoms with Gasteiger partial charge in [0.2, 0.25) is 11.7 Å². The number of hydrogen-bond acceptors (Lipinski definition) is 14. The van der Waals surface area contributed by atoms with Crippen molar-refractivity contribution in [3.8, 4) is 34.2 Å². The van der Waals surface area contributed by atoms with E-state index in [4.69, 9.17) is 20.2 Å². The van der Waals surface area contributed by atoms with Gasteiger partial charge in [0.05, 0.1) is 11.1 Å². The van der Waals surface area contributed by atoms with Crippen LogP contribution >= 0.6 is 0 Å². The van der Waals surface area contributed by atoms with E-state index in [-0.39, 0.29) is 35.4 Å². The molecule has 0 aliphatic carbocycles. The molecule has 414 valence electrons. The van der Waals surface area contributed by atoms with Crippen LogP contribution in [-0.2, 0) is 44.4 Å². The van der Waals surface area contributed by atoms with E-state index in [1.54, 1.807) is 57.4 Å². The lowest BCUT2D eigenvalue weighted by Gasteiger charge is -2.25. The second kappa shape index (κ2) is 26.6. The number of amides is 2. The molecule has 0 fully saturated rings. The van der Waals surface area contributed by atoms with Crippen molar-refractivity contribution in [2.75, 3.05) is 0 Å². The molecule has 79 heavy (non-hydrogen) atoms. The second-order valence-electron chi connectivity index (χ2n) is 22.3. The van der Waals surface area contributed by atoms with Gasteiger partial charge in [-0.3, -0.25) is 9.59 Å². The van der Waals surface area contributed by atoms with Gasteiger partial charge >= 0.3 is 11.9 Å². The maximum absolute atomic E-state index is 13.0. The number of hydrogen-bond donors (Lipinski definition) is 5. The maximum Gasteiger partial charge on any atom is 0.329 e. The van der Waals surface area contributed by atoms with Crippen LogP contribution in [0.15, 0.2) is 132 Å². The highest BCUT2D eigenvalue weighted by atomic mass is 16.6. The number of esters is 1. The third-order valence-corrected chi connectivity index (χ3v) is 12.6. The molecule has 7 aromatic rings. The summed E-state index contributed by atoms with van der Waals surface area (Å²) in [6.45, 7) is 20.1. The number of aryl methyl sites for hydroxylation is 1. The first-order valence-electron chi connectivity index (χ1n) is 26.3. The number of amidine groups is 1. The van der Waals surface area contributed by atoms with Crippen LogP contribution in [0.4, 0.5) is 0 Å². The number of carboxylic acid groups (broad SMARTS) is 1. The first-order valence-corrected chi connectivity index (χ1v) is 26.3. The molecule has 0 spiro atoms. The Kier molecular flexibility index (Phi) is 20.1. The Morgan fingerprint density at radius 1 is 0.595 bits per heavy atom. The number of carbonyl (C=O) groups excluding carboxylic acids is 3. The van der Waals surface area contributed by atoms with E-state index in [1.807, 2.05) is 72.8 Å². The van der Waals surface area contributed by atoms with Crippen LogP contribution in [0.3, 0.4) is 0 Å². The topological polar surface area (TPSA) is 271 Å². The normalized spacial score (nSPS) is 12.6. The van der Waals surface area contributed by atoms with Gasteiger partial charge in [-0.05, 0) is 84.5 Å². The number of nitrogens with zero attached hydrogens (tertiary/aromatic N) is 7. The Bertz CT molecular complexity index is 3160. The summed E-state index contributed by atoms with van der Waals surface area (Å²) in [5.74, 6) is -0.402. The molecule has 0 saturated heterocycles. The fourth-order valence-electron chi connectivity index (χ4n) is 7.98. The number of benzene rings is 4. The highest BCUT2D eigenvalue weighted by Gasteiger charge is 2.28. The Morgan fingerprint density at radius 3 is 1.48 bits per heavy atom. The number of oxime groups is 1. The molecule has 0 radical (unpaired) electrons. The monoisotopic (exact) mass is 1070 g/mol. The molecule has 0 bridgehead atoms. The molecule has 18 nitrogen and oxygen atoms in total. The smallest absolute Gasteiger partial charge is 0.329 e. The van der Waals surface area contributed by atoms with Gasteiger partial charge in [0.25, 0.3) is 11.8 Å². The van der Waals surface area contributed by atoms with Gasteiger partial charge in [0, 0.05) is 66.3 Å². The van der Waals surface area contributed by atoms with Gasteiger partial charge in [-0.2, -0.15) is 4.98 Å². The molecule has 2 amide bonds. The van der Waals surface area contributed by atoms with Crippen LogP contribution in [0.5, 0.6) is 0 Å². The first-order chi connectivity index (χ1) is 37.4. The van der Waals surface area contributed by atoms with Gasteiger partial charge in [0.15, 0.2) is 17.5 Å². The van der Waals surface area contributed by atoms with Crippen molar-refractivity contribution in [1.29, 1.82) is 0 Å². The van der Waals surface area contributed by atoms with E-state index < -0.39 is 35.5 Å². The van der Waals surface area contributed by atoms with E-state index >= 15 is 0 Å². The second-order valence-corrected chi connectivity index (χ2v) is 22.3. The van der Waals surface area contributed by atoms with Crippen molar-refractivity contribution in [2.45, 2.75) is 143 Å². The van der Waals surface area contributed by atoms with Gasteiger partial charge in [-0.25, -0.2) is 29.5 Å². The Hall–Kier alpha value is -8.67. The predicted molar refractivity (Wildman–Crippen MR) is 302 cm³/mol. The molecule has 3 aromatic heterocycles. The van der Waals surface area contributed by atoms with Crippen LogP contribution < -0.4 is 16.4 Å². The molecule has 3 heterocycles. The number of unbranched alkanes of at least 4 members (excludes halogenated alkanes) is 3. The lowest BCUT2D eigenvalue weighted by molar-refractivity contribution is -0.157. The molecule has 4 aromatic carbocycles. The standard InChI is InChI=1S/C32H37N5O4.C29H35N5O4/c1-5-6-7-8-9-27-36-29(37-41-27)24-19-33-28(34-20-24)22-12-10-21(11-13-22)18-26(31(39)40)35-30(38)23-14-16-25(17-15-23)32(2,3)4;1-28(2,3)22-13-11-20(12-14-22)26(35)33-23(27(36)38-29(4,5)6)15-18-7-9-19(10-8-18)25-31-16-21(17-32-25)24(30)34-37/h10-17,19-20,26H,5-9,18H2,1-4H3,(H,35,38)(H,39,40);7-14,16-17,23,37H,15H2,1-6H3,(H2,30,34)(H,33,35)/t26-;23-/m00/s1. The largest absolute Gasteiger partial charge is 0.480 e. The number of rotatable bonds is 19. The summed E-state index contributed by atoms with van der Waals surface area (Å²) in [5.41, 5.74) is 12.1. The number of nitrogens with one attached hydrogen (secondary N) is 2. The SMILES string of the molecule is CC(C)(C)OC(=O)[C@H](Cc1ccc(-c2ncc(C(N)=NO)cn2)cc1)NC(=O)c1ccc(C(C)(C)C)cc1.CCCCCCc1nc(-c2cnc(-c3ccc(C[C@H](NC(=O)c4ccc(C(C)(C)C)cc4)C(=O)O)cc3)nc2)no1. The quantitative estimate of drug-likeness (QED) is 0.0126. The average Bonchev–Trinajstić information content (AvgIpc) is 3.92. The van der Waals surface area contributed by atoms with Gasteiger partial charge in [-0.15, -0.1) is 0 Å². The number of nitrogens with two attached hydrogens (primary N) is 1. The molecule has 2 atom stereocenters. The van der Waals surface area contributed by atoms with E-state index in [0.717, 1.165) is 52.6 Å². The highest BCUT2D eigenvalue weighted by Crippen LogP contribution is 2.25. The van der Waals surface area contributed by atoms with Crippen molar-refractivity contribution >= 4 is 29.6 Å². The molecule has 7 rings (SSSR count). The summed E-state index contributed by atoms with van der Waals surface area (Å²) in [4.78, 5) is 72.6. The molecule has 0 saturated carbocycles. The maximum atomic E-state index is 13.0. The third kappa shape index (κ3) is 17.7. The van der Waals surface area contributed by atoms with Gasteiger partial charge in [0.1, 0.15) is 17.7 Å². The minimum atomic E-state index is -1.10. The van der Waals surface area contributed by atoms with Crippen molar-refractivity contribution in [1.82, 2.24) is 40.7 Å². The molecule has 6 N–H and O–H groups in total. The lowest BCUT2D eigenvalue weighted by Crippen LogP contribution is -2.45. The summed E-state index contributed by atoms with van der Waals surface area (Å²) in [6.07, 6.45) is 11.9. The average molecular weight is 1070 g/mol. The summed E-state index contributed by atoms with van der Waals surface area (Å²) >= 11 is 0. The van der Waals surface area contributed by atoms with Crippen LogP contribution in [0.2, 0.25) is 0 Å². The minimum Gasteiger partial charge on any atom is -0.480 e. The number of aliphatic carboxylic acids is 1. The van der Waals surface area contributed by atoms with E-state index in [0.29, 0.717) is 45.6 Å². The third-order valence-electron chi connectivity index (χ3n) is 12.6. The zero-order valence-corrected chi connectivity index (χ0v) is 46.7.